The monoisotopic (exact) mass is 219 g/mol. The molecule has 0 radical (unpaired) electrons. The van der Waals surface area contributed by atoms with Gasteiger partial charge in [0.25, 0.3) is 0 Å². The van der Waals surface area contributed by atoms with E-state index in [1.165, 1.54) is 18.4 Å². The average molecular weight is 219 g/mol. The lowest BCUT2D eigenvalue weighted by Crippen LogP contribution is -2.35. The van der Waals surface area contributed by atoms with E-state index in [0.29, 0.717) is 0 Å². The van der Waals surface area contributed by atoms with Crippen LogP contribution in [0.3, 0.4) is 0 Å². The van der Waals surface area contributed by atoms with E-state index in [1.807, 2.05) is 12.3 Å². The van der Waals surface area contributed by atoms with Crippen molar-refractivity contribution in [1.29, 1.82) is 0 Å². The van der Waals surface area contributed by atoms with Crippen molar-refractivity contribution in [2.24, 2.45) is 5.73 Å². The van der Waals surface area contributed by atoms with Crippen LogP contribution in [0, 0.1) is 0 Å². The van der Waals surface area contributed by atoms with Crippen LogP contribution in [0.15, 0.2) is 18.3 Å². The van der Waals surface area contributed by atoms with Crippen molar-refractivity contribution in [3.05, 3.63) is 23.9 Å². The van der Waals surface area contributed by atoms with Crippen LogP contribution in [0.4, 0.5) is 5.82 Å². The molecule has 0 spiro atoms. The number of hydrogen-bond acceptors (Lipinski definition) is 3. The first-order valence-electron chi connectivity index (χ1n) is 6.04. The third-order valence-corrected chi connectivity index (χ3v) is 2.92. The van der Waals surface area contributed by atoms with Gasteiger partial charge in [0.05, 0.1) is 0 Å². The van der Waals surface area contributed by atoms with Gasteiger partial charge in [-0.05, 0) is 44.7 Å². The van der Waals surface area contributed by atoms with Crippen LogP contribution in [0.25, 0.3) is 0 Å². The fourth-order valence-corrected chi connectivity index (χ4v) is 2.27. The molecule has 0 saturated carbocycles. The second-order valence-electron chi connectivity index (χ2n) is 5.35. The third kappa shape index (κ3) is 2.73. The number of anilines is 1. The first-order valence-corrected chi connectivity index (χ1v) is 6.04. The first-order chi connectivity index (χ1) is 7.56. The molecule has 0 unspecified atom stereocenters. The van der Waals surface area contributed by atoms with Crippen LogP contribution in [0.5, 0.6) is 0 Å². The molecule has 1 aromatic heterocycles. The summed E-state index contributed by atoms with van der Waals surface area (Å²) in [6, 6.07) is 4.15. The summed E-state index contributed by atoms with van der Waals surface area (Å²) in [4.78, 5) is 6.89. The molecule has 1 aliphatic heterocycles. The number of hydrogen-bond donors (Lipinski definition) is 1. The van der Waals surface area contributed by atoms with Gasteiger partial charge in [-0.3, -0.25) is 0 Å². The molecule has 0 aromatic carbocycles. The van der Waals surface area contributed by atoms with Crippen LogP contribution in [-0.4, -0.2) is 23.6 Å². The van der Waals surface area contributed by atoms with Gasteiger partial charge in [0.15, 0.2) is 0 Å². The van der Waals surface area contributed by atoms with Crippen molar-refractivity contribution in [1.82, 2.24) is 4.98 Å². The van der Waals surface area contributed by atoms with E-state index in [-0.39, 0.29) is 5.54 Å². The first kappa shape index (κ1) is 11.4. The Morgan fingerprint density at radius 1 is 1.38 bits per heavy atom. The molecule has 0 amide bonds. The minimum absolute atomic E-state index is 0.169. The lowest BCUT2D eigenvalue weighted by molar-refractivity contribution is 0.515. The number of rotatable bonds is 3. The van der Waals surface area contributed by atoms with Gasteiger partial charge in [0.1, 0.15) is 5.82 Å². The van der Waals surface area contributed by atoms with E-state index >= 15 is 0 Å². The summed E-state index contributed by atoms with van der Waals surface area (Å²) in [6.45, 7) is 6.39. The van der Waals surface area contributed by atoms with Gasteiger partial charge in [-0.1, -0.05) is 6.07 Å². The van der Waals surface area contributed by atoms with Crippen LogP contribution < -0.4 is 10.6 Å². The molecule has 2 rings (SSSR count). The summed E-state index contributed by atoms with van der Waals surface area (Å²) in [6.07, 6.45) is 5.32. The molecule has 1 saturated heterocycles. The number of nitrogens with zero attached hydrogens (tertiary/aromatic N) is 2. The number of pyridine rings is 1. The minimum atomic E-state index is -0.169. The Balaban J connectivity index is 2.23. The molecule has 3 heteroatoms. The Labute approximate surface area is 97.7 Å². The average Bonchev–Trinajstić information content (AvgIpc) is 2.69. The van der Waals surface area contributed by atoms with Gasteiger partial charge in [-0.15, -0.1) is 0 Å². The van der Waals surface area contributed by atoms with E-state index in [0.717, 1.165) is 25.3 Å². The number of nitrogens with two attached hydrogens (primary N) is 1. The summed E-state index contributed by atoms with van der Waals surface area (Å²) < 4.78 is 0. The Morgan fingerprint density at radius 3 is 2.69 bits per heavy atom. The van der Waals surface area contributed by atoms with Gasteiger partial charge >= 0.3 is 0 Å². The lowest BCUT2D eigenvalue weighted by Gasteiger charge is -2.24. The van der Waals surface area contributed by atoms with Crippen molar-refractivity contribution < 1.29 is 0 Å². The molecule has 3 nitrogen and oxygen atoms in total. The minimum Gasteiger partial charge on any atom is -0.356 e. The van der Waals surface area contributed by atoms with Crippen LogP contribution in [-0.2, 0) is 6.42 Å². The highest BCUT2D eigenvalue weighted by Gasteiger charge is 2.20. The smallest absolute Gasteiger partial charge is 0.131 e. The summed E-state index contributed by atoms with van der Waals surface area (Å²) in [5.74, 6) is 1.14. The second-order valence-corrected chi connectivity index (χ2v) is 5.35. The molecule has 1 fully saturated rings. The van der Waals surface area contributed by atoms with E-state index in [2.05, 4.69) is 29.8 Å². The highest BCUT2D eigenvalue weighted by Crippen LogP contribution is 2.24. The normalized spacial score (nSPS) is 16.8. The lowest BCUT2D eigenvalue weighted by atomic mass is 9.96. The van der Waals surface area contributed by atoms with Crippen molar-refractivity contribution in [3.63, 3.8) is 0 Å². The van der Waals surface area contributed by atoms with Crippen molar-refractivity contribution in [2.45, 2.75) is 38.6 Å². The second kappa shape index (κ2) is 4.42. The largest absolute Gasteiger partial charge is 0.356 e. The van der Waals surface area contributed by atoms with Crippen LogP contribution in [0.2, 0.25) is 0 Å². The summed E-state index contributed by atoms with van der Waals surface area (Å²) in [5, 5.41) is 0. The molecule has 2 N–H and O–H groups in total. The van der Waals surface area contributed by atoms with Crippen molar-refractivity contribution in [3.8, 4) is 0 Å². The van der Waals surface area contributed by atoms with E-state index in [4.69, 9.17) is 5.73 Å². The number of aromatic nitrogens is 1. The van der Waals surface area contributed by atoms with Gasteiger partial charge in [-0.2, -0.15) is 0 Å². The van der Waals surface area contributed by atoms with Gasteiger partial charge < -0.3 is 10.6 Å². The fourth-order valence-electron chi connectivity index (χ4n) is 2.27. The maximum absolute atomic E-state index is 6.09. The Morgan fingerprint density at radius 2 is 2.06 bits per heavy atom. The van der Waals surface area contributed by atoms with Crippen molar-refractivity contribution >= 4 is 5.82 Å². The molecule has 16 heavy (non-hydrogen) atoms. The predicted molar refractivity (Wildman–Crippen MR) is 67.7 cm³/mol. The topological polar surface area (TPSA) is 42.1 Å². The molecule has 1 aliphatic rings. The zero-order valence-corrected chi connectivity index (χ0v) is 10.2. The Hall–Kier alpha value is -1.09. The molecule has 88 valence electrons. The highest BCUT2D eigenvalue weighted by atomic mass is 15.2. The molecule has 1 aromatic rings. The third-order valence-electron chi connectivity index (χ3n) is 2.92. The maximum atomic E-state index is 6.09. The van der Waals surface area contributed by atoms with Crippen LogP contribution in [0.1, 0.15) is 32.3 Å². The summed E-state index contributed by atoms with van der Waals surface area (Å²) >= 11 is 0. The molecule has 2 heterocycles. The quantitative estimate of drug-likeness (QED) is 0.845. The Kier molecular flexibility index (Phi) is 3.15. The van der Waals surface area contributed by atoms with Gasteiger partial charge in [0.2, 0.25) is 0 Å². The zero-order valence-electron chi connectivity index (χ0n) is 10.2. The fraction of sp³-hybridized carbons (Fsp3) is 0.615. The van der Waals surface area contributed by atoms with Crippen LogP contribution >= 0.6 is 0 Å². The predicted octanol–water partition coefficient (Wildman–Crippen LogP) is 1.96. The van der Waals surface area contributed by atoms with E-state index < -0.39 is 0 Å². The molecule has 0 bridgehead atoms. The van der Waals surface area contributed by atoms with Gasteiger partial charge in [0, 0.05) is 24.8 Å². The standard InChI is InChI=1S/C13H21N3/c1-13(2,14)10-11-6-5-7-15-12(11)16-8-3-4-9-16/h5-7H,3-4,8-10,14H2,1-2H3. The van der Waals surface area contributed by atoms with E-state index in [9.17, 15) is 0 Å². The Bertz CT molecular complexity index is 348. The summed E-state index contributed by atoms with van der Waals surface area (Å²) in [5.41, 5.74) is 7.19. The maximum Gasteiger partial charge on any atom is 0.131 e. The zero-order chi connectivity index (χ0) is 11.6. The SMILES string of the molecule is CC(C)(N)Cc1cccnc1N1CCCC1. The van der Waals surface area contributed by atoms with Crippen molar-refractivity contribution in [2.75, 3.05) is 18.0 Å². The summed E-state index contributed by atoms with van der Waals surface area (Å²) in [7, 11) is 0. The molecule has 0 atom stereocenters. The molecular formula is C13H21N3. The van der Waals surface area contributed by atoms with Gasteiger partial charge in [-0.25, -0.2) is 4.98 Å². The highest BCUT2D eigenvalue weighted by molar-refractivity contribution is 5.48. The molecular weight excluding hydrogens is 198 g/mol. The molecule has 0 aliphatic carbocycles. The van der Waals surface area contributed by atoms with E-state index in [1.54, 1.807) is 0 Å².